The third-order valence-corrected chi connectivity index (χ3v) is 3.93. The molecule has 0 saturated heterocycles. The number of carbonyl (C=O) groups excluding carboxylic acids is 1. The lowest BCUT2D eigenvalue weighted by molar-refractivity contribution is -0.110. The fourth-order valence-corrected chi connectivity index (χ4v) is 2.92. The first-order valence-corrected chi connectivity index (χ1v) is 6.97. The summed E-state index contributed by atoms with van der Waals surface area (Å²) in [5.41, 5.74) is 3.68. The molecule has 0 aliphatic carbocycles. The van der Waals surface area contributed by atoms with Crippen molar-refractivity contribution < 1.29 is 4.79 Å². The van der Waals surface area contributed by atoms with Crippen LogP contribution in [0, 0.1) is 0 Å². The molecule has 2 aromatic carbocycles. The molecule has 3 nitrogen and oxygen atoms in total. The summed E-state index contributed by atoms with van der Waals surface area (Å²) < 4.78 is 0. The average molecular weight is 266 g/mol. The van der Waals surface area contributed by atoms with Crippen LogP contribution < -0.4 is 10.6 Å². The summed E-state index contributed by atoms with van der Waals surface area (Å²) in [6, 6.07) is 18.7. The van der Waals surface area contributed by atoms with Crippen LogP contribution in [0.15, 0.2) is 54.6 Å². The Balaban J connectivity index is 1.93. The zero-order valence-corrected chi connectivity index (χ0v) is 11.3. The number of benzene rings is 2. The lowest BCUT2D eigenvalue weighted by Gasteiger charge is -2.26. The summed E-state index contributed by atoms with van der Waals surface area (Å²) in [6.07, 6.45) is 2.74. The summed E-state index contributed by atoms with van der Waals surface area (Å²) >= 11 is 0. The van der Waals surface area contributed by atoms with Crippen molar-refractivity contribution in [1.82, 2.24) is 5.32 Å². The highest BCUT2D eigenvalue weighted by Crippen LogP contribution is 2.32. The highest BCUT2D eigenvalue weighted by atomic mass is 16.1. The number of rotatable bonds is 3. The Kier molecular flexibility index (Phi) is 3.68. The van der Waals surface area contributed by atoms with Crippen LogP contribution in [0.1, 0.15) is 23.5 Å². The van der Waals surface area contributed by atoms with Crippen LogP contribution in [-0.4, -0.2) is 12.6 Å². The van der Waals surface area contributed by atoms with E-state index in [9.17, 15) is 4.79 Å². The van der Waals surface area contributed by atoms with Crippen LogP contribution in [0.25, 0.3) is 0 Å². The first-order chi connectivity index (χ1) is 9.88. The van der Waals surface area contributed by atoms with E-state index in [0.29, 0.717) is 0 Å². The second kappa shape index (κ2) is 5.78. The van der Waals surface area contributed by atoms with E-state index in [4.69, 9.17) is 0 Å². The zero-order chi connectivity index (χ0) is 13.8. The number of anilines is 1. The van der Waals surface area contributed by atoms with Crippen LogP contribution in [0.4, 0.5) is 5.69 Å². The Bertz CT molecular complexity index is 583. The van der Waals surface area contributed by atoms with Crippen molar-refractivity contribution in [3.05, 3.63) is 65.7 Å². The molecule has 1 heterocycles. The van der Waals surface area contributed by atoms with Gasteiger partial charge in [-0.1, -0.05) is 48.5 Å². The summed E-state index contributed by atoms with van der Waals surface area (Å²) in [5, 5.41) is 6.39. The number of aryl methyl sites for hydroxylation is 1. The Morgan fingerprint density at radius 3 is 2.60 bits per heavy atom. The predicted octanol–water partition coefficient (Wildman–Crippen LogP) is 2.90. The summed E-state index contributed by atoms with van der Waals surface area (Å²) in [7, 11) is 0. The van der Waals surface area contributed by atoms with Gasteiger partial charge in [0.25, 0.3) is 0 Å². The number of carbonyl (C=O) groups is 1. The van der Waals surface area contributed by atoms with Crippen LogP contribution in [0.5, 0.6) is 0 Å². The lowest BCUT2D eigenvalue weighted by Crippen LogP contribution is -2.40. The average Bonchev–Trinajstić information content (AvgIpc) is 2.68. The molecular weight excluding hydrogens is 248 g/mol. The molecule has 0 aromatic heterocycles. The molecule has 102 valence electrons. The number of hydrogen-bond donors (Lipinski definition) is 2. The Morgan fingerprint density at radius 2 is 1.80 bits per heavy atom. The van der Waals surface area contributed by atoms with Crippen molar-refractivity contribution in [3.63, 3.8) is 0 Å². The third-order valence-electron chi connectivity index (χ3n) is 3.93. The van der Waals surface area contributed by atoms with Gasteiger partial charge < -0.3 is 10.6 Å². The van der Waals surface area contributed by atoms with E-state index in [0.717, 1.165) is 24.9 Å². The van der Waals surface area contributed by atoms with E-state index >= 15 is 0 Å². The first-order valence-electron chi connectivity index (χ1n) is 6.97. The van der Waals surface area contributed by atoms with Gasteiger partial charge in [0.05, 0.1) is 0 Å². The molecule has 1 aliphatic heterocycles. The van der Waals surface area contributed by atoms with Crippen LogP contribution in [0.3, 0.4) is 0 Å². The van der Waals surface area contributed by atoms with Crippen molar-refractivity contribution >= 4 is 12.1 Å². The molecule has 0 saturated carbocycles. The van der Waals surface area contributed by atoms with Gasteiger partial charge in [-0.3, -0.25) is 4.79 Å². The Hall–Kier alpha value is -2.29. The minimum atomic E-state index is -0.0708. The monoisotopic (exact) mass is 266 g/mol. The summed E-state index contributed by atoms with van der Waals surface area (Å²) in [6.45, 7) is 0. The third kappa shape index (κ3) is 2.52. The van der Waals surface area contributed by atoms with Gasteiger partial charge in [0, 0.05) is 11.6 Å². The molecule has 3 heteroatoms. The number of nitrogens with one attached hydrogen (secondary N) is 2. The number of hydrogen-bond acceptors (Lipinski definition) is 2. The van der Waals surface area contributed by atoms with E-state index in [1.807, 2.05) is 24.3 Å². The van der Waals surface area contributed by atoms with Crippen molar-refractivity contribution in [2.45, 2.75) is 24.9 Å². The van der Waals surface area contributed by atoms with Crippen LogP contribution >= 0.6 is 0 Å². The summed E-state index contributed by atoms with van der Waals surface area (Å²) in [4.78, 5) is 10.9. The Morgan fingerprint density at radius 1 is 1.05 bits per heavy atom. The van der Waals surface area contributed by atoms with Crippen molar-refractivity contribution in [3.8, 4) is 0 Å². The second-order valence-electron chi connectivity index (χ2n) is 5.12. The van der Waals surface area contributed by atoms with E-state index < -0.39 is 0 Å². The molecule has 2 aromatic rings. The topological polar surface area (TPSA) is 41.1 Å². The largest absolute Gasteiger partial charge is 0.365 e. The van der Waals surface area contributed by atoms with Gasteiger partial charge in [-0.05, 0) is 30.0 Å². The lowest BCUT2D eigenvalue weighted by atomic mass is 9.91. The number of amides is 1. The normalized spacial score (nSPS) is 21.2. The van der Waals surface area contributed by atoms with Gasteiger partial charge in [0.1, 0.15) is 6.17 Å². The van der Waals surface area contributed by atoms with Gasteiger partial charge >= 0.3 is 0 Å². The van der Waals surface area contributed by atoms with E-state index in [1.165, 1.54) is 11.1 Å². The minimum Gasteiger partial charge on any atom is -0.365 e. The maximum Gasteiger partial charge on any atom is 0.208 e. The molecule has 2 atom stereocenters. The number of fused-ring (bicyclic) bond motifs is 1. The van der Waals surface area contributed by atoms with Gasteiger partial charge in [-0.2, -0.15) is 0 Å². The summed E-state index contributed by atoms with van der Waals surface area (Å²) in [5.74, 6) is 0.272. The standard InChI is InChI=1S/C17H18N2O/c20-12-18-17-15(13-6-2-1-3-7-13)11-10-14-8-4-5-9-16(14)19-17/h1-9,12,15,17,19H,10-11H2,(H,18,20). The van der Waals surface area contributed by atoms with E-state index in [-0.39, 0.29) is 12.1 Å². The SMILES string of the molecule is O=CNC1Nc2ccccc2CCC1c1ccccc1. The molecular formula is C17H18N2O. The van der Waals surface area contributed by atoms with Crippen molar-refractivity contribution in [2.75, 3.05) is 5.32 Å². The van der Waals surface area contributed by atoms with Gasteiger partial charge in [0.15, 0.2) is 0 Å². The molecule has 2 N–H and O–H groups in total. The molecule has 2 unspecified atom stereocenters. The molecule has 1 aliphatic rings. The fourth-order valence-electron chi connectivity index (χ4n) is 2.92. The maximum atomic E-state index is 10.9. The van der Waals surface area contributed by atoms with E-state index in [2.05, 4.69) is 41.0 Å². The minimum absolute atomic E-state index is 0.0708. The van der Waals surface area contributed by atoms with Crippen molar-refractivity contribution in [2.24, 2.45) is 0 Å². The van der Waals surface area contributed by atoms with E-state index in [1.54, 1.807) is 0 Å². The molecule has 1 amide bonds. The molecule has 20 heavy (non-hydrogen) atoms. The quantitative estimate of drug-likeness (QED) is 0.839. The van der Waals surface area contributed by atoms with Gasteiger partial charge in [-0.25, -0.2) is 0 Å². The van der Waals surface area contributed by atoms with Gasteiger partial charge in [0.2, 0.25) is 6.41 Å². The molecule has 0 fully saturated rings. The molecule has 0 radical (unpaired) electrons. The fraction of sp³-hybridized carbons (Fsp3) is 0.235. The molecule has 3 rings (SSSR count). The van der Waals surface area contributed by atoms with Crippen LogP contribution in [-0.2, 0) is 11.2 Å². The van der Waals surface area contributed by atoms with Crippen molar-refractivity contribution in [1.29, 1.82) is 0 Å². The maximum absolute atomic E-state index is 10.9. The Labute approximate surface area is 119 Å². The number of para-hydroxylation sites is 1. The van der Waals surface area contributed by atoms with Crippen LogP contribution in [0.2, 0.25) is 0 Å². The first kappa shape index (κ1) is 12.7. The highest BCUT2D eigenvalue weighted by molar-refractivity contribution is 5.56. The smallest absolute Gasteiger partial charge is 0.208 e. The second-order valence-corrected chi connectivity index (χ2v) is 5.12. The molecule has 0 spiro atoms. The highest BCUT2D eigenvalue weighted by Gasteiger charge is 2.26. The zero-order valence-electron chi connectivity index (χ0n) is 11.3. The predicted molar refractivity (Wildman–Crippen MR) is 80.6 cm³/mol. The van der Waals surface area contributed by atoms with Gasteiger partial charge in [-0.15, -0.1) is 0 Å². The molecule has 0 bridgehead atoms.